The summed E-state index contributed by atoms with van der Waals surface area (Å²) in [5, 5.41) is 0.688. The molecule has 0 aliphatic rings. The molecule has 0 fully saturated rings. The van der Waals surface area contributed by atoms with E-state index in [1.54, 1.807) is 12.4 Å². The van der Waals surface area contributed by atoms with Crippen LogP contribution in [0.25, 0.3) is 22.5 Å². The monoisotopic (exact) mass is 281 g/mol. The summed E-state index contributed by atoms with van der Waals surface area (Å²) >= 11 is 6.16. The van der Waals surface area contributed by atoms with Gasteiger partial charge in [-0.25, -0.2) is 9.97 Å². The maximum absolute atomic E-state index is 6.16. The number of benzene rings is 2. The van der Waals surface area contributed by atoms with Crippen molar-refractivity contribution in [2.24, 2.45) is 0 Å². The summed E-state index contributed by atoms with van der Waals surface area (Å²) in [5.74, 6) is 0.646. The largest absolute Gasteiger partial charge is 0.399 e. The molecule has 3 rings (SSSR count). The summed E-state index contributed by atoms with van der Waals surface area (Å²) in [6.45, 7) is 0. The van der Waals surface area contributed by atoms with Crippen molar-refractivity contribution in [2.45, 2.75) is 0 Å². The number of halogens is 1. The highest BCUT2D eigenvalue weighted by molar-refractivity contribution is 6.33. The van der Waals surface area contributed by atoms with Gasteiger partial charge >= 0.3 is 0 Å². The van der Waals surface area contributed by atoms with E-state index in [-0.39, 0.29) is 0 Å². The summed E-state index contributed by atoms with van der Waals surface area (Å²) in [7, 11) is 0. The van der Waals surface area contributed by atoms with Gasteiger partial charge in [-0.2, -0.15) is 0 Å². The quantitative estimate of drug-likeness (QED) is 0.721. The Labute approximate surface area is 122 Å². The highest BCUT2D eigenvalue weighted by atomic mass is 35.5. The molecule has 4 heteroatoms. The molecule has 0 unspecified atom stereocenters. The smallest absolute Gasteiger partial charge is 0.159 e. The van der Waals surface area contributed by atoms with E-state index >= 15 is 0 Å². The molecule has 0 atom stereocenters. The molecule has 0 bridgehead atoms. The van der Waals surface area contributed by atoms with Crippen LogP contribution < -0.4 is 5.73 Å². The van der Waals surface area contributed by atoms with Crippen LogP contribution in [0, 0.1) is 0 Å². The van der Waals surface area contributed by atoms with Gasteiger partial charge < -0.3 is 5.73 Å². The number of nitrogen functional groups attached to an aromatic ring is 1. The fourth-order valence-corrected chi connectivity index (χ4v) is 2.23. The Balaban J connectivity index is 1.98. The zero-order valence-corrected chi connectivity index (χ0v) is 11.4. The summed E-state index contributed by atoms with van der Waals surface area (Å²) in [6, 6.07) is 15.1. The van der Waals surface area contributed by atoms with Crippen molar-refractivity contribution < 1.29 is 0 Å². The van der Waals surface area contributed by atoms with Gasteiger partial charge in [-0.3, -0.25) is 0 Å². The van der Waals surface area contributed by atoms with Crippen LogP contribution in [-0.2, 0) is 0 Å². The lowest BCUT2D eigenvalue weighted by Crippen LogP contribution is -1.91. The minimum atomic E-state index is 0.646. The molecule has 3 nitrogen and oxygen atoms in total. The van der Waals surface area contributed by atoms with Gasteiger partial charge in [-0.05, 0) is 18.2 Å². The van der Waals surface area contributed by atoms with Gasteiger partial charge in [-0.15, -0.1) is 0 Å². The number of anilines is 1. The van der Waals surface area contributed by atoms with E-state index in [9.17, 15) is 0 Å². The van der Waals surface area contributed by atoms with Crippen molar-refractivity contribution in [3.8, 4) is 22.5 Å². The van der Waals surface area contributed by atoms with Crippen LogP contribution in [0.3, 0.4) is 0 Å². The van der Waals surface area contributed by atoms with Crippen LogP contribution in [0.4, 0.5) is 5.69 Å². The number of nitrogens with two attached hydrogens (primary N) is 1. The number of rotatable bonds is 2. The maximum atomic E-state index is 6.16. The van der Waals surface area contributed by atoms with Crippen LogP contribution in [0.15, 0.2) is 60.9 Å². The fraction of sp³-hybridized carbons (Fsp3) is 0. The van der Waals surface area contributed by atoms with Crippen molar-refractivity contribution in [2.75, 3.05) is 5.73 Å². The van der Waals surface area contributed by atoms with Gasteiger partial charge in [0.15, 0.2) is 5.82 Å². The first-order chi connectivity index (χ1) is 9.74. The van der Waals surface area contributed by atoms with Crippen molar-refractivity contribution in [1.29, 1.82) is 0 Å². The highest BCUT2D eigenvalue weighted by Crippen LogP contribution is 2.27. The second kappa shape index (κ2) is 5.31. The first kappa shape index (κ1) is 12.6. The molecule has 98 valence electrons. The molecule has 2 aromatic carbocycles. The summed E-state index contributed by atoms with van der Waals surface area (Å²) in [5.41, 5.74) is 9.17. The molecule has 0 amide bonds. The van der Waals surface area contributed by atoms with Crippen LogP contribution in [0.5, 0.6) is 0 Å². The standard InChI is InChI=1S/C16H12ClN3/c17-15-7-2-1-6-14(15)12-9-19-16(20-10-12)11-4-3-5-13(18)8-11/h1-10H,18H2. The lowest BCUT2D eigenvalue weighted by molar-refractivity contribution is 1.18. The van der Waals surface area contributed by atoms with E-state index in [1.165, 1.54) is 0 Å². The molecule has 0 aliphatic heterocycles. The van der Waals surface area contributed by atoms with Crippen molar-refractivity contribution >= 4 is 17.3 Å². The predicted octanol–water partition coefficient (Wildman–Crippen LogP) is 4.05. The van der Waals surface area contributed by atoms with E-state index in [4.69, 9.17) is 17.3 Å². The van der Waals surface area contributed by atoms with Crippen LogP contribution in [-0.4, -0.2) is 9.97 Å². The van der Waals surface area contributed by atoms with Crippen molar-refractivity contribution in [3.63, 3.8) is 0 Å². The third-order valence-corrected chi connectivity index (χ3v) is 3.31. The highest BCUT2D eigenvalue weighted by Gasteiger charge is 2.05. The average molecular weight is 282 g/mol. The maximum Gasteiger partial charge on any atom is 0.159 e. The molecule has 2 N–H and O–H groups in total. The van der Waals surface area contributed by atoms with Crippen molar-refractivity contribution in [1.82, 2.24) is 9.97 Å². The van der Waals surface area contributed by atoms with Gasteiger partial charge in [0.25, 0.3) is 0 Å². The van der Waals surface area contributed by atoms with E-state index in [2.05, 4.69) is 9.97 Å². The summed E-state index contributed by atoms with van der Waals surface area (Å²) < 4.78 is 0. The van der Waals surface area contributed by atoms with E-state index < -0.39 is 0 Å². The Morgan fingerprint density at radius 1 is 0.850 bits per heavy atom. The third kappa shape index (κ3) is 2.49. The molecule has 3 aromatic rings. The molecule has 1 heterocycles. The molecule has 20 heavy (non-hydrogen) atoms. The zero-order valence-electron chi connectivity index (χ0n) is 10.6. The number of hydrogen-bond donors (Lipinski definition) is 1. The van der Waals surface area contributed by atoms with Crippen molar-refractivity contribution in [3.05, 3.63) is 65.9 Å². The number of hydrogen-bond acceptors (Lipinski definition) is 3. The van der Waals surface area contributed by atoms with Crippen LogP contribution >= 0.6 is 11.6 Å². The Morgan fingerprint density at radius 3 is 2.30 bits per heavy atom. The van der Waals surface area contributed by atoms with Crippen LogP contribution in [0.1, 0.15) is 0 Å². The number of aromatic nitrogens is 2. The Kier molecular flexibility index (Phi) is 3.35. The lowest BCUT2D eigenvalue weighted by atomic mass is 10.1. The fourth-order valence-electron chi connectivity index (χ4n) is 1.99. The summed E-state index contributed by atoms with van der Waals surface area (Å²) in [4.78, 5) is 8.76. The third-order valence-electron chi connectivity index (χ3n) is 2.98. The second-order valence-electron chi connectivity index (χ2n) is 4.40. The Morgan fingerprint density at radius 2 is 1.60 bits per heavy atom. The molecule has 1 aromatic heterocycles. The van der Waals surface area contributed by atoms with Gasteiger partial charge in [0, 0.05) is 39.8 Å². The minimum Gasteiger partial charge on any atom is -0.399 e. The summed E-state index contributed by atoms with van der Waals surface area (Å²) in [6.07, 6.45) is 3.54. The van der Waals surface area contributed by atoms with Gasteiger partial charge in [0.1, 0.15) is 0 Å². The van der Waals surface area contributed by atoms with E-state index in [0.717, 1.165) is 16.7 Å². The van der Waals surface area contributed by atoms with E-state index in [0.29, 0.717) is 16.5 Å². The van der Waals surface area contributed by atoms with Gasteiger partial charge in [0.2, 0.25) is 0 Å². The Bertz CT molecular complexity index is 739. The number of nitrogens with zero attached hydrogens (tertiary/aromatic N) is 2. The first-order valence-electron chi connectivity index (χ1n) is 6.17. The molecule has 0 spiro atoms. The molecular formula is C16H12ClN3. The first-order valence-corrected chi connectivity index (χ1v) is 6.55. The van der Waals surface area contributed by atoms with E-state index in [1.807, 2.05) is 48.5 Å². The van der Waals surface area contributed by atoms with Gasteiger partial charge in [0.05, 0.1) is 0 Å². The minimum absolute atomic E-state index is 0.646. The zero-order chi connectivity index (χ0) is 13.9. The SMILES string of the molecule is Nc1cccc(-c2ncc(-c3ccccc3Cl)cn2)c1. The predicted molar refractivity (Wildman–Crippen MR) is 82.3 cm³/mol. The molecular weight excluding hydrogens is 270 g/mol. The topological polar surface area (TPSA) is 51.8 Å². The van der Waals surface area contributed by atoms with Gasteiger partial charge in [-0.1, -0.05) is 41.9 Å². The second-order valence-corrected chi connectivity index (χ2v) is 4.81. The average Bonchev–Trinajstić information content (AvgIpc) is 2.48. The Hall–Kier alpha value is -2.39. The van der Waals surface area contributed by atoms with Crippen LogP contribution in [0.2, 0.25) is 5.02 Å². The molecule has 0 saturated heterocycles. The molecule has 0 aliphatic carbocycles. The normalized spacial score (nSPS) is 10.4. The molecule has 0 saturated carbocycles. The molecule has 0 radical (unpaired) electrons. The lowest BCUT2D eigenvalue weighted by Gasteiger charge is -2.05.